The van der Waals surface area contributed by atoms with E-state index in [-0.39, 0.29) is 11.8 Å². The van der Waals surface area contributed by atoms with Crippen molar-refractivity contribution in [3.8, 4) is 0 Å². The number of carboxylic acids is 1. The predicted molar refractivity (Wildman–Crippen MR) is 246 cm³/mol. The molecular formula is C42H43N13O3S4. The Hall–Kier alpha value is -5.38. The maximum absolute atomic E-state index is 13.4. The average Bonchev–Trinajstić information content (AvgIpc) is 4.10. The second-order valence-electron chi connectivity index (χ2n) is 16.2. The molecular weight excluding hydrogens is 863 g/mol. The molecule has 3 N–H and O–H groups in total. The number of aryl methyl sites for hydroxylation is 2. The number of fused-ring (bicyclic) bond motifs is 8. The van der Waals surface area contributed by atoms with E-state index < -0.39 is 5.97 Å². The Kier molecular flexibility index (Phi) is 11.4. The van der Waals surface area contributed by atoms with Crippen molar-refractivity contribution in [2.45, 2.75) is 38.5 Å². The molecule has 8 aromatic rings. The molecule has 0 radical (unpaired) electrons. The molecule has 16 nitrogen and oxygen atoms in total. The van der Waals surface area contributed by atoms with Crippen LogP contribution in [0.25, 0.3) is 40.9 Å². The third-order valence-electron chi connectivity index (χ3n) is 12.0. The SMILES string of the molecule is CN(C)CCN1CCN(C(=O)[C@H]2CCc3c(sc4ncnc(Nc5ccc6nnsc6c5)c34)C2)CC1.O=C(O)[C@H]1CCc2c(sc3ncnc(Nc4ccc5nnsc5c4)c23)C1. The lowest BCUT2D eigenvalue weighted by Crippen LogP contribution is -2.51. The van der Waals surface area contributed by atoms with E-state index in [1.165, 1.54) is 39.1 Å². The Labute approximate surface area is 372 Å². The van der Waals surface area contributed by atoms with Crippen LogP contribution in [-0.4, -0.2) is 124 Å². The van der Waals surface area contributed by atoms with Gasteiger partial charge in [0.25, 0.3) is 0 Å². The highest BCUT2D eigenvalue weighted by atomic mass is 32.1. The van der Waals surface area contributed by atoms with E-state index in [9.17, 15) is 14.7 Å². The molecule has 7 heterocycles. The van der Waals surface area contributed by atoms with Crippen LogP contribution in [0.5, 0.6) is 0 Å². The highest BCUT2D eigenvalue weighted by Crippen LogP contribution is 2.42. The van der Waals surface area contributed by atoms with Crippen LogP contribution in [0.4, 0.5) is 23.0 Å². The van der Waals surface area contributed by atoms with Crippen molar-refractivity contribution in [3.63, 3.8) is 0 Å². The number of hydrogen-bond donors (Lipinski definition) is 3. The minimum absolute atomic E-state index is 0.0597. The number of nitrogens with one attached hydrogen (secondary N) is 2. The van der Waals surface area contributed by atoms with Gasteiger partial charge in [-0.15, -0.1) is 32.9 Å². The van der Waals surface area contributed by atoms with Crippen LogP contribution in [0.2, 0.25) is 0 Å². The monoisotopic (exact) mass is 905 g/mol. The molecule has 0 bridgehead atoms. The number of carbonyl (C=O) groups excluding carboxylic acids is 1. The van der Waals surface area contributed by atoms with Crippen LogP contribution >= 0.6 is 45.7 Å². The fourth-order valence-electron chi connectivity index (χ4n) is 8.61. The molecule has 0 unspecified atom stereocenters. The molecule has 2 aliphatic carbocycles. The van der Waals surface area contributed by atoms with Gasteiger partial charge < -0.3 is 25.5 Å². The van der Waals surface area contributed by atoms with Gasteiger partial charge in [0.05, 0.1) is 26.1 Å². The summed E-state index contributed by atoms with van der Waals surface area (Å²) in [5.41, 5.74) is 6.14. The first kappa shape index (κ1) is 40.7. The molecule has 62 heavy (non-hydrogen) atoms. The zero-order valence-corrected chi connectivity index (χ0v) is 37.3. The average molecular weight is 906 g/mol. The Morgan fingerprint density at radius 3 is 1.81 bits per heavy atom. The molecule has 0 spiro atoms. The molecule has 2 aromatic carbocycles. The number of piperazine rings is 1. The van der Waals surface area contributed by atoms with Crippen LogP contribution in [0.1, 0.15) is 33.7 Å². The number of aromatic nitrogens is 8. The largest absolute Gasteiger partial charge is 0.481 e. The van der Waals surface area contributed by atoms with E-state index in [4.69, 9.17) is 0 Å². The van der Waals surface area contributed by atoms with E-state index in [1.54, 1.807) is 35.3 Å². The maximum Gasteiger partial charge on any atom is 0.306 e. The molecule has 1 aliphatic heterocycles. The van der Waals surface area contributed by atoms with Crippen LogP contribution in [0.15, 0.2) is 49.1 Å². The number of benzene rings is 2. The van der Waals surface area contributed by atoms with Crippen LogP contribution in [0.3, 0.4) is 0 Å². The fraction of sp³-hybridized carbons (Fsp3) is 0.381. The number of likely N-dealkylation sites (N-methyl/N-ethyl adjacent to an activating group) is 1. The maximum atomic E-state index is 13.4. The lowest BCUT2D eigenvalue weighted by molar-refractivity contribution is -0.142. The highest BCUT2D eigenvalue weighted by Gasteiger charge is 2.33. The summed E-state index contributed by atoms with van der Waals surface area (Å²) in [5, 5.41) is 26.5. The summed E-state index contributed by atoms with van der Waals surface area (Å²) in [4.78, 5) is 53.8. The van der Waals surface area contributed by atoms with Gasteiger partial charge in [-0.05, 0) is 123 Å². The zero-order valence-electron chi connectivity index (χ0n) is 34.1. The number of aliphatic carboxylic acids is 1. The summed E-state index contributed by atoms with van der Waals surface area (Å²) in [6.45, 7) is 5.73. The normalized spacial score (nSPS) is 17.9. The summed E-state index contributed by atoms with van der Waals surface area (Å²) >= 11 is 6.03. The van der Waals surface area contributed by atoms with Gasteiger partial charge in [0.15, 0.2) is 0 Å². The van der Waals surface area contributed by atoms with Gasteiger partial charge in [-0.25, -0.2) is 19.9 Å². The zero-order chi connectivity index (χ0) is 42.3. The smallest absolute Gasteiger partial charge is 0.306 e. The number of amides is 1. The Bertz CT molecular complexity index is 2940. The summed E-state index contributed by atoms with van der Waals surface area (Å²) < 4.78 is 10.0. The van der Waals surface area contributed by atoms with E-state index in [2.05, 4.69) is 84.6 Å². The fourth-order valence-corrected chi connectivity index (χ4v) is 12.3. The first-order chi connectivity index (χ1) is 30.2. The molecule has 0 saturated carbocycles. The van der Waals surface area contributed by atoms with Gasteiger partial charge in [0.2, 0.25) is 5.91 Å². The van der Waals surface area contributed by atoms with Crippen molar-refractivity contribution in [1.29, 1.82) is 0 Å². The van der Waals surface area contributed by atoms with Crippen molar-refractivity contribution in [2.24, 2.45) is 11.8 Å². The molecule has 20 heteroatoms. The minimum Gasteiger partial charge on any atom is -0.481 e. The Morgan fingerprint density at radius 1 is 0.742 bits per heavy atom. The van der Waals surface area contributed by atoms with Gasteiger partial charge in [-0.1, -0.05) is 8.98 Å². The van der Waals surface area contributed by atoms with Crippen LogP contribution in [0, 0.1) is 11.8 Å². The number of anilines is 4. The van der Waals surface area contributed by atoms with E-state index in [1.807, 2.05) is 30.3 Å². The van der Waals surface area contributed by atoms with Crippen molar-refractivity contribution in [1.82, 2.24) is 53.8 Å². The summed E-state index contributed by atoms with van der Waals surface area (Å²) in [5.74, 6) is 0.946. The second kappa shape index (κ2) is 17.4. The van der Waals surface area contributed by atoms with Crippen LogP contribution in [-0.2, 0) is 35.3 Å². The number of carbonyl (C=O) groups is 2. The molecule has 6 aromatic heterocycles. The molecule has 3 aliphatic rings. The lowest BCUT2D eigenvalue weighted by atomic mass is 9.86. The Balaban J connectivity index is 0.000000156. The number of rotatable bonds is 9. The first-order valence-electron chi connectivity index (χ1n) is 20.6. The van der Waals surface area contributed by atoms with Gasteiger partial charge in [0, 0.05) is 66.3 Å². The van der Waals surface area contributed by atoms with Crippen molar-refractivity contribution in [3.05, 3.63) is 69.9 Å². The molecule has 1 fully saturated rings. The van der Waals surface area contributed by atoms with Gasteiger partial charge in [-0.2, -0.15) is 0 Å². The quantitative estimate of drug-likeness (QED) is 0.136. The number of hydrogen-bond acceptors (Lipinski definition) is 18. The van der Waals surface area contributed by atoms with E-state index in [0.29, 0.717) is 18.7 Å². The minimum atomic E-state index is -0.719. The molecule has 318 valence electrons. The standard InChI is InChI=1S/C25H30N8OS2.C17H13N5O2S2/c1-31(2)7-8-32-9-11-33(12-10-32)25(34)16-3-5-18-20(13-16)35-24-22(18)23(26-15-27-24)28-17-4-6-19-21(14-17)36-30-29-19;23-17(24)8-1-3-10-12(5-8)25-16-14(10)15(18-7-19-16)20-9-2-4-11-13(6-9)26-22-21-11/h4,6,14-16H,3,5,7-13H2,1-2H3,(H,26,27,28);2,4,6-8H,1,3,5H2,(H,23,24)(H,18,19,20)/t16-;8-/m00/s1. The summed E-state index contributed by atoms with van der Waals surface area (Å²) in [6, 6.07) is 11.9. The predicted octanol–water partition coefficient (Wildman–Crippen LogP) is 6.88. The molecule has 1 saturated heterocycles. The van der Waals surface area contributed by atoms with Crippen molar-refractivity contribution < 1.29 is 14.7 Å². The lowest BCUT2D eigenvalue weighted by Gasteiger charge is -2.37. The topological polar surface area (TPSA) is 191 Å². The van der Waals surface area contributed by atoms with Crippen molar-refractivity contribution in [2.75, 3.05) is 64.0 Å². The summed E-state index contributed by atoms with van der Waals surface area (Å²) in [7, 11) is 4.21. The van der Waals surface area contributed by atoms with Gasteiger partial charge >= 0.3 is 5.97 Å². The van der Waals surface area contributed by atoms with E-state index >= 15 is 0 Å². The summed E-state index contributed by atoms with van der Waals surface area (Å²) in [6.07, 6.45) is 7.70. The third-order valence-corrected chi connectivity index (χ3v) is 15.7. The van der Waals surface area contributed by atoms with Crippen LogP contribution < -0.4 is 10.6 Å². The highest BCUT2D eigenvalue weighted by molar-refractivity contribution is 7.19. The third kappa shape index (κ3) is 8.29. The molecule has 2 atom stereocenters. The van der Waals surface area contributed by atoms with E-state index in [0.717, 1.165) is 134 Å². The Morgan fingerprint density at radius 2 is 1.27 bits per heavy atom. The first-order valence-corrected chi connectivity index (χ1v) is 23.8. The number of nitrogens with zero attached hydrogens (tertiary/aromatic N) is 11. The van der Waals surface area contributed by atoms with Gasteiger partial charge in [-0.3, -0.25) is 14.5 Å². The number of thiophene rings is 2. The number of carboxylic acid groups (broad SMARTS) is 1. The molecule has 11 rings (SSSR count). The second-order valence-corrected chi connectivity index (χ2v) is 19.9. The molecule has 1 amide bonds. The van der Waals surface area contributed by atoms with Crippen molar-refractivity contribution >= 4 is 121 Å². The van der Waals surface area contributed by atoms with Gasteiger partial charge in [0.1, 0.15) is 45.0 Å².